The average Bonchev–Trinajstić information content (AvgIpc) is 3.10. The molecule has 0 bridgehead atoms. The summed E-state index contributed by atoms with van der Waals surface area (Å²) in [6.45, 7) is 1.88. The quantitative estimate of drug-likeness (QED) is 0.888. The van der Waals surface area contributed by atoms with E-state index in [2.05, 4.69) is 15.6 Å². The predicted octanol–water partition coefficient (Wildman–Crippen LogP) is 2.24. The fourth-order valence-corrected chi connectivity index (χ4v) is 2.48. The standard InChI is InChI=1S/C17H18FN3O2/c18-15-8-12(9-21-17(22)13-5-7-20-10-13)3-4-16(15)23-14-2-1-6-19-11-14/h1-4,6,8,11,13,20H,5,7,9-10H2,(H,21,22). The first kappa shape index (κ1) is 15.4. The Morgan fingerprint density at radius 3 is 3.04 bits per heavy atom. The van der Waals surface area contributed by atoms with E-state index in [0.29, 0.717) is 24.4 Å². The third-order valence-electron chi connectivity index (χ3n) is 3.76. The lowest BCUT2D eigenvalue weighted by atomic mass is 10.1. The van der Waals surface area contributed by atoms with E-state index in [-0.39, 0.29) is 17.6 Å². The Labute approximate surface area is 133 Å². The van der Waals surface area contributed by atoms with Gasteiger partial charge in [0.15, 0.2) is 11.6 Å². The van der Waals surface area contributed by atoms with Crippen molar-refractivity contribution in [2.45, 2.75) is 13.0 Å². The summed E-state index contributed by atoms with van der Waals surface area (Å²) in [6, 6.07) is 8.09. The lowest BCUT2D eigenvalue weighted by Crippen LogP contribution is -2.31. The second-order valence-electron chi connectivity index (χ2n) is 5.46. The predicted molar refractivity (Wildman–Crippen MR) is 83.5 cm³/mol. The number of nitrogens with zero attached hydrogens (tertiary/aromatic N) is 1. The summed E-state index contributed by atoms with van der Waals surface area (Å²) < 4.78 is 19.5. The molecule has 1 unspecified atom stereocenters. The van der Waals surface area contributed by atoms with Crippen LogP contribution in [0.5, 0.6) is 11.5 Å². The van der Waals surface area contributed by atoms with E-state index in [1.165, 1.54) is 12.3 Å². The van der Waals surface area contributed by atoms with Gasteiger partial charge in [0.1, 0.15) is 5.75 Å². The highest BCUT2D eigenvalue weighted by Crippen LogP contribution is 2.24. The molecule has 1 aromatic carbocycles. The van der Waals surface area contributed by atoms with Crippen molar-refractivity contribution in [1.82, 2.24) is 15.6 Å². The normalized spacial score (nSPS) is 17.0. The summed E-state index contributed by atoms with van der Waals surface area (Å²) in [5.74, 6) is 0.150. The summed E-state index contributed by atoms with van der Waals surface area (Å²) in [6.07, 6.45) is 3.98. The van der Waals surface area contributed by atoms with Gasteiger partial charge in [-0.25, -0.2) is 4.39 Å². The molecular formula is C17H18FN3O2. The summed E-state index contributed by atoms with van der Waals surface area (Å²) >= 11 is 0. The topological polar surface area (TPSA) is 63.2 Å². The maximum atomic E-state index is 14.1. The van der Waals surface area contributed by atoms with Crippen LogP contribution in [0.3, 0.4) is 0 Å². The molecule has 3 rings (SSSR count). The van der Waals surface area contributed by atoms with Crippen molar-refractivity contribution in [2.24, 2.45) is 5.92 Å². The number of nitrogens with one attached hydrogen (secondary N) is 2. The summed E-state index contributed by atoms with van der Waals surface area (Å²) in [5, 5.41) is 5.99. The molecule has 0 radical (unpaired) electrons. The molecule has 2 heterocycles. The fourth-order valence-electron chi connectivity index (χ4n) is 2.48. The van der Waals surface area contributed by atoms with Gasteiger partial charge in [0.25, 0.3) is 0 Å². The summed E-state index contributed by atoms with van der Waals surface area (Å²) in [7, 11) is 0. The Morgan fingerprint density at radius 2 is 2.35 bits per heavy atom. The molecule has 1 atom stereocenters. The molecule has 6 heteroatoms. The molecule has 0 saturated carbocycles. The molecule has 0 aliphatic carbocycles. The van der Waals surface area contributed by atoms with Crippen LogP contribution in [0.15, 0.2) is 42.7 Å². The Morgan fingerprint density at radius 1 is 1.43 bits per heavy atom. The molecule has 1 fully saturated rings. The van der Waals surface area contributed by atoms with Crippen LogP contribution in [-0.4, -0.2) is 24.0 Å². The number of pyridine rings is 1. The van der Waals surface area contributed by atoms with Crippen molar-refractivity contribution in [1.29, 1.82) is 0 Å². The second kappa shape index (κ2) is 7.19. The molecule has 1 amide bonds. The highest BCUT2D eigenvalue weighted by molar-refractivity contribution is 5.79. The van der Waals surface area contributed by atoms with Gasteiger partial charge in [-0.3, -0.25) is 9.78 Å². The van der Waals surface area contributed by atoms with Gasteiger partial charge in [0, 0.05) is 19.3 Å². The first-order valence-electron chi connectivity index (χ1n) is 7.57. The molecule has 23 heavy (non-hydrogen) atoms. The van der Waals surface area contributed by atoms with Gasteiger partial charge in [0.05, 0.1) is 12.1 Å². The summed E-state index contributed by atoms with van der Waals surface area (Å²) in [4.78, 5) is 15.8. The highest BCUT2D eigenvalue weighted by Gasteiger charge is 2.21. The molecule has 0 spiro atoms. The molecular weight excluding hydrogens is 297 g/mol. The molecule has 120 valence electrons. The summed E-state index contributed by atoms with van der Waals surface area (Å²) in [5.41, 5.74) is 0.695. The van der Waals surface area contributed by atoms with E-state index < -0.39 is 5.82 Å². The van der Waals surface area contributed by atoms with E-state index in [1.807, 2.05) is 0 Å². The number of amides is 1. The van der Waals surface area contributed by atoms with Crippen molar-refractivity contribution >= 4 is 5.91 Å². The Hall–Kier alpha value is -2.47. The zero-order valence-electron chi connectivity index (χ0n) is 12.6. The van der Waals surface area contributed by atoms with E-state index in [4.69, 9.17) is 4.74 Å². The van der Waals surface area contributed by atoms with Crippen molar-refractivity contribution in [2.75, 3.05) is 13.1 Å². The highest BCUT2D eigenvalue weighted by atomic mass is 19.1. The fraction of sp³-hybridized carbons (Fsp3) is 0.294. The first-order chi connectivity index (χ1) is 11.2. The number of ether oxygens (including phenoxy) is 1. The Kier molecular flexibility index (Phi) is 4.83. The molecule has 2 N–H and O–H groups in total. The van der Waals surface area contributed by atoms with Gasteiger partial charge in [-0.05, 0) is 42.8 Å². The molecule has 1 aliphatic heterocycles. The van der Waals surface area contributed by atoms with Gasteiger partial charge in [0.2, 0.25) is 5.91 Å². The zero-order valence-corrected chi connectivity index (χ0v) is 12.6. The van der Waals surface area contributed by atoms with Gasteiger partial charge in [-0.15, -0.1) is 0 Å². The Bertz CT molecular complexity index is 673. The van der Waals surface area contributed by atoms with Crippen LogP contribution < -0.4 is 15.4 Å². The van der Waals surface area contributed by atoms with Crippen LogP contribution in [-0.2, 0) is 11.3 Å². The largest absolute Gasteiger partial charge is 0.453 e. The number of hydrogen-bond donors (Lipinski definition) is 2. The minimum Gasteiger partial charge on any atom is -0.453 e. The van der Waals surface area contributed by atoms with Gasteiger partial charge in [-0.1, -0.05) is 6.07 Å². The Balaban J connectivity index is 1.59. The van der Waals surface area contributed by atoms with Gasteiger partial charge < -0.3 is 15.4 Å². The molecule has 5 nitrogen and oxygen atoms in total. The number of aromatic nitrogens is 1. The zero-order chi connectivity index (χ0) is 16.1. The van der Waals surface area contributed by atoms with Crippen LogP contribution >= 0.6 is 0 Å². The maximum absolute atomic E-state index is 14.1. The first-order valence-corrected chi connectivity index (χ1v) is 7.57. The van der Waals surface area contributed by atoms with Crippen LogP contribution in [0.2, 0.25) is 0 Å². The van der Waals surface area contributed by atoms with Crippen molar-refractivity contribution < 1.29 is 13.9 Å². The lowest BCUT2D eigenvalue weighted by molar-refractivity contribution is -0.124. The van der Waals surface area contributed by atoms with Gasteiger partial charge >= 0.3 is 0 Å². The van der Waals surface area contributed by atoms with Gasteiger partial charge in [-0.2, -0.15) is 0 Å². The molecule has 1 aromatic heterocycles. The van der Waals surface area contributed by atoms with Crippen LogP contribution in [0.4, 0.5) is 4.39 Å². The minimum absolute atomic E-state index is 0.00564. The smallest absolute Gasteiger partial charge is 0.224 e. The minimum atomic E-state index is -0.469. The van der Waals surface area contributed by atoms with Crippen molar-refractivity contribution in [3.05, 3.63) is 54.1 Å². The van der Waals surface area contributed by atoms with Crippen LogP contribution in [0.25, 0.3) is 0 Å². The van der Waals surface area contributed by atoms with Crippen molar-refractivity contribution in [3.63, 3.8) is 0 Å². The third kappa shape index (κ3) is 4.04. The number of benzene rings is 1. The van der Waals surface area contributed by atoms with E-state index >= 15 is 0 Å². The molecule has 2 aromatic rings. The molecule has 1 saturated heterocycles. The maximum Gasteiger partial charge on any atom is 0.224 e. The number of rotatable bonds is 5. The molecule has 1 aliphatic rings. The second-order valence-corrected chi connectivity index (χ2v) is 5.46. The van der Waals surface area contributed by atoms with E-state index in [9.17, 15) is 9.18 Å². The van der Waals surface area contributed by atoms with Crippen LogP contribution in [0, 0.1) is 11.7 Å². The lowest BCUT2D eigenvalue weighted by Gasteiger charge is -2.11. The van der Waals surface area contributed by atoms with E-state index in [1.54, 1.807) is 30.5 Å². The number of halogens is 1. The number of carbonyl (C=O) groups is 1. The van der Waals surface area contributed by atoms with Crippen molar-refractivity contribution in [3.8, 4) is 11.5 Å². The number of carbonyl (C=O) groups excluding carboxylic acids is 1. The van der Waals surface area contributed by atoms with E-state index in [0.717, 1.165) is 13.0 Å². The average molecular weight is 315 g/mol. The SMILES string of the molecule is O=C(NCc1ccc(Oc2cccnc2)c(F)c1)C1CCNC1. The van der Waals surface area contributed by atoms with Crippen LogP contribution in [0.1, 0.15) is 12.0 Å². The number of hydrogen-bond acceptors (Lipinski definition) is 4. The monoisotopic (exact) mass is 315 g/mol. The third-order valence-corrected chi connectivity index (χ3v) is 3.76.